The molecule has 0 amide bonds. The molecular weight excluding hydrogens is 204 g/mol. The Morgan fingerprint density at radius 1 is 1.44 bits per heavy atom. The minimum atomic E-state index is -0.0838. The van der Waals surface area contributed by atoms with E-state index in [1.54, 1.807) is 7.11 Å². The van der Waals surface area contributed by atoms with Gasteiger partial charge in [0.15, 0.2) is 0 Å². The van der Waals surface area contributed by atoms with E-state index >= 15 is 0 Å². The number of nitrogens with one attached hydrogen (secondary N) is 1. The van der Waals surface area contributed by atoms with Crippen molar-refractivity contribution in [1.29, 1.82) is 0 Å². The van der Waals surface area contributed by atoms with Crippen LogP contribution >= 0.6 is 0 Å². The lowest BCUT2D eigenvalue weighted by atomic mass is 10.0. The van der Waals surface area contributed by atoms with Crippen molar-refractivity contribution in [3.63, 3.8) is 0 Å². The SMILES string of the molecule is COc1cccc(CNC(C)(C)CCO)n1. The second kappa shape index (κ2) is 5.82. The normalized spacial score (nSPS) is 11.5. The summed E-state index contributed by atoms with van der Waals surface area (Å²) >= 11 is 0. The van der Waals surface area contributed by atoms with Crippen LogP contribution in [0.15, 0.2) is 18.2 Å². The molecule has 1 aromatic heterocycles. The summed E-state index contributed by atoms with van der Waals surface area (Å²) in [5.74, 6) is 0.624. The van der Waals surface area contributed by atoms with Crippen LogP contribution in [0.4, 0.5) is 0 Å². The average Bonchev–Trinajstić information content (AvgIpc) is 2.27. The van der Waals surface area contributed by atoms with Gasteiger partial charge in [-0.3, -0.25) is 0 Å². The summed E-state index contributed by atoms with van der Waals surface area (Å²) in [6.45, 7) is 4.97. The molecule has 0 aromatic carbocycles. The quantitative estimate of drug-likeness (QED) is 0.765. The fourth-order valence-electron chi connectivity index (χ4n) is 1.37. The Morgan fingerprint density at radius 2 is 2.19 bits per heavy atom. The molecule has 0 aliphatic heterocycles. The topological polar surface area (TPSA) is 54.4 Å². The summed E-state index contributed by atoms with van der Waals surface area (Å²) in [7, 11) is 1.61. The molecule has 0 bridgehead atoms. The second-order valence-electron chi connectivity index (χ2n) is 4.38. The first-order valence-corrected chi connectivity index (χ1v) is 5.43. The lowest BCUT2D eigenvalue weighted by Gasteiger charge is -2.25. The molecule has 4 heteroatoms. The molecule has 0 radical (unpaired) electrons. The molecule has 2 N–H and O–H groups in total. The Labute approximate surface area is 96.7 Å². The van der Waals surface area contributed by atoms with Crippen LogP contribution in [0, 0.1) is 0 Å². The number of hydrogen-bond donors (Lipinski definition) is 2. The molecule has 0 saturated heterocycles. The van der Waals surface area contributed by atoms with Crippen LogP contribution < -0.4 is 10.1 Å². The molecule has 0 aliphatic carbocycles. The molecule has 0 aliphatic rings. The van der Waals surface area contributed by atoms with Gasteiger partial charge in [-0.25, -0.2) is 4.98 Å². The Bertz CT molecular complexity index is 327. The van der Waals surface area contributed by atoms with E-state index in [2.05, 4.69) is 24.1 Å². The number of pyridine rings is 1. The fourth-order valence-corrected chi connectivity index (χ4v) is 1.37. The molecule has 4 nitrogen and oxygen atoms in total. The summed E-state index contributed by atoms with van der Waals surface area (Å²) in [6.07, 6.45) is 0.719. The minimum Gasteiger partial charge on any atom is -0.481 e. The van der Waals surface area contributed by atoms with Gasteiger partial charge >= 0.3 is 0 Å². The lowest BCUT2D eigenvalue weighted by molar-refractivity contribution is 0.229. The molecule has 1 rings (SSSR count). The highest BCUT2D eigenvalue weighted by atomic mass is 16.5. The Kier molecular flexibility index (Phi) is 4.71. The van der Waals surface area contributed by atoms with Gasteiger partial charge in [0.05, 0.1) is 12.8 Å². The maximum absolute atomic E-state index is 8.91. The number of ether oxygens (including phenoxy) is 1. The van der Waals surface area contributed by atoms with E-state index in [1.165, 1.54) is 0 Å². The van der Waals surface area contributed by atoms with Crippen LogP contribution in [0.25, 0.3) is 0 Å². The smallest absolute Gasteiger partial charge is 0.213 e. The lowest BCUT2D eigenvalue weighted by Crippen LogP contribution is -2.39. The van der Waals surface area contributed by atoms with Gasteiger partial charge in [-0.1, -0.05) is 6.07 Å². The van der Waals surface area contributed by atoms with Crippen LogP contribution in [-0.2, 0) is 6.54 Å². The van der Waals surface area contributed by atoms with Gasteiger partial charge in [0, 0.05) is 24.8 Å². The van der Waals surface area contributed by atoms with Gasteiger partial charge in [-0.15, -0.1) is 0 Å². The van der Waals surface area contributed by atoms with Crippen molar-refractivity contribution in [1.82, 2.24) is 10.3 Å². The third kappa shape index (κ3) is 4.16. The highest BCUT2D eigenvalue weighted by Crippen LogP contribution is 2.10. The van der Waals surface area contributed by atoms with Crippen LogP contribution in [0.1, 0.15) is 26.0 Å². The number of aromatic nitrogens is 1. The molecule has 0 spiro atoms. The molecule has 90 valence electrons. The van der Waals surface area contributed by atoms with Crippen molar-refractivity contribution >= 4 is 0 Å². The molecule has 0 fully saturated rings. The second-order valence-corrected chi connectivity index (χ2v) is 4.38. The molecule has 16 heavy (non-hydrogen) atoms. The zero-order valence-electron chi connectivity index (χ0n) is 10.2. The number of hydrogen-bond acceptors (Lipinski definition) is 4. The summed E-state index contributed by atoms with van der Waals surface area (Å²) in [4.78, 5) is 4.31. The van der Waals surface area contributed by atoms with E-state index in [-0.39, 0.29) is 12.1 Å². The maximum Gasteiger partial charge on any atom is 0.213 e. The van der Waals surface area contributed by atoms with Crippen molar-refractivity contribution < 1.29 is 9.84 Å². The van der Waals surface area contributed by atoms with Crippen LogP contribution in [0.3, 0.4) is 0 Å². The van der Waals surface area contributed by atoms with E-state index in [1.807, 2.05) is 18.2 Å². The van der Waals surface area contributed by atoms with E-state index in [9.17, 15) is 0 Å². The van der Waals surface area contributed by atoms with Crippen molar-refractivity contribution in [2.45, 2.75) is 32.4 Å². The monoisotopic (exact) mass is 224 g/mol. The first-order valence-electron chi connectivity index (χ1n) is 5.43. The van der Waals surface area contributed by atoms with Crippen LogP contribution in [0.2, 0.25) is 0 Å². The Balaban J connectivity index is 2.53. The highest BCUT2D eigenvalue weighted by Gasteiger charge is 2.15. The molecule has 0 saturated carbocycles. The van der Waals surface area contributed by atoms with Crippen molar-refractivity contribution in [2.24, 2.45) is 0 Å². The first kappa shape index (κ1) is 12.9. The van der Waals surface area contributed by atoms with Crippen molar-refractivity contribution in [3.8, 4) is 5.88 Å². The average molecular weight is 224 g/mol. The van der Waals surface area contributed by atoms with Gasteiger partial charge < -0.3 is 15.2 Å². The van der Waals surface area contributed by atoms with Crippen LogP contribution in [-0.4, -0.2) is 29.3 Å². The molecule has 0 atom stereocenters. The predicted octanol–water partition coefficient (Wildman–Crippen LogP) is 1.34. The summed E-state index contributed by atoms with van der Waals surface area (Å²) in [6, 6.07) is 5.69. The number of methoxy groups -OCH3 is 1. The molecule has 1 aromatic rings. The highest BCUT2D eigenvalue weighted by molar-refractivity contribution is 5.15. The Morgan fingerprint density at radius 3 is 2.81 bits per heavy atom. The Hall–Kier alpha value is -1.13. The fraction of sp³-hybridized carbons (Fsp3) is 0.583. The molecule has 0 unspecified atom stereocenters. The number of rotatable bonds is 6. The summed E-state index contributed by atoms with van der Waals surface area (Å²) in [5.41, 5.74) is 0.852. The van der Waals surface area contributed by atoms with Gasteiger partial charge in [0.1, 0.15) is 0 Å². The molecule has 1 heterocycles. The minimum absolute atomic E-state index is 0.0838. The van der Waals surface area contributed by atoms with Crippen LogP contribution in [0.5, 0.6) is 5.88 Å². The summed E-state index contributed by atoms with van der Waals surface area (Å²) in [5, 5.41) is 12.3. The third-order valence-corrected chi connectivity index (χ3v) is 2.48. The standard InChI is InChI=1S/C12H20N2O2/c1-12(2,7-8-15)13-9-10-5-4-6-11(14-10)16-3/h4-6,13,15H,7-9H2,1-3H3. The number of aliphatic hydroxyl groups is 1. The third-order valence-electron chi connectivity index (χ3n) is 2.48. The molecular formula is C12H20N2O2. The van der Waals surface area contributed by atoms with E-state index in [0.717, 1.165) is 12.1 Å². The first-order chi connectivity index (χ1) is 7.57. The van der Waals surface area contributed by atoms with Crippen molar-refractivity contribution in [3.05, 3.63) is 23.9 Å². The summed E-state index contributed by atoms with van der Waals surface area (Å²) < 4.78 is 5.06. The number of aliphatic hydroxyl groups excluding tert-OH is 1. The van der Waals surface area contributed by atoms with Gasteiger partial charge in [-0.05, 0) is 26.3 Å². The largest absolute Gasteiger partial charge is 0.481 e. The zero-order chi connectivity index (χ0) is 12.0. The van der Waals surface area contributed by atoms with E-state index < -0.39 is 0 Å². The van der Waals surface area contributed by atoms with Gasteiger partial charge in [0.25, 0.3) is 0 Å². The zero-order valence-corrected chi connectivity index (χ0v) is 10.2. The maximum atomic E-state index is 8.91. The van der Waals surface area contributed by atoms with Gasteiger partial charge in [-0.2, -0.15) is 0 Å². The van der Waals surface area contributed by atoms with Crippen molar-refractivity contribution in [2.75, 3.05) is 13.7 Å². The van der Waals surface area contributed by atoms with E-state index in [0.29, 0.717) is 12.4 Å². The van der Waals surface area contributed by atoms with Gasteiger partial charge in [0.2, 0.25) is 5.88 Å². The van der Waals surface area contributed by atoms with E-state index in [4.69, 9.17) is 9.84 Å². The number of nitrogens with zero attached hydrogens (tertiary/aromatic N) is 1. The predicted molar refractivity (Wildman–Crippen MR) is 63.4 cm³/mol.